The first-order chi connectivity index (χ1) is 9.92. The number of hydrogen-bond donors (Lipinski definition) is 3. The van der Waals surface area contributed by atoms with Crippen molar-refractivity contribution in [3.63, 3.8) is 0 Å². The van der Waals surface area contributed by atoms with Gasteiger partial charge in [0.25, 0.3) is 0 Å². The molecular weight excluding hydrogens is 264 g/mol. The predicted molar refractivity (Wildman–Crippen MR) is 91.7 cm³/mol. The molecule has 0 heterocycles. The standard InChI is InChI=1S/C15H38N6/c1-9-13-18-21(20(11-3)12-4)15(5,17-10-2)14(16-6)19(7)8/h14,16-18H,9-13H2,1-8H3. The Morgan fingerprint density at radius 1 is 1.05 bits per heavy atom. The van der Waals surface area contributed by atoms with Gasteiger partial charge in [0.15, 0.2) is 0 Å². The van der Waals surface area contributed by atoms with Gasteiger partial charge in [0.05, 0.1) is 6.17 Å². The third kappa shape index (κ3) is 5.47. The molecule has 0 saturated carbocycles. The van der Waals surface area contributed by atoms with Crippen LogP contribution >= 0.6 is 0 Å². The van der Waals surface area contributed by atoms with Crippen LogP contribution in [-0.2, 0) is 0 Å². The molecule has 21 heavy (non-hydrogen) atoms. The summed E-state index contributed by atoms with van der Waals surface area (Å²) >= 11 is 0. The highest BCUT2D eigenvalue weighted by Crippen LogP contribution is 2.19. The molecule has 0 rings (SSSR count). The minimum Gasteiger partial charge on any atom is -0.302 e. The van der Waals surface area contributed by atoms with Crippen LogP contribution in [0, 0.1) is 0 Å². The lowest BCUT2D eigenvalue weighted by Crippen LogP contribution is -2.76. The van der Waals surface area contributed by atoms with Gasteiger partial charge < -0.3 is 5.32 Å². The molecule has 6 nitrogen and oxygen atoms in total. The number of hydrogen-bond acceptors (Lipinski definition) is 6. The summed E-state index contributed by atoms with van der Waals surface area (Å²) in [6.07, 6.45) is 1.27. The van der Waals surface area contributed by atoms with Gasteiger partial charge in [-0.2, -0.15) is 5.12 Å². The van der Waals surface area contributed by atoms with Crippen molar-refractivity contribution in [1.29, 1.82) is 0 Å². The molecule has 0 spiro atoms. The van der Waals surface area contributed by atoms with Crippen LogP contribution in [0.15, 0.2) is 0 Å². The van der Waals surface area contributed by atoms with E-state index < -0.39 is 0 Å². The maximum absolute atomic E-state index is 3.67. The van der Waals surface area contributed by atoms with E-state index in [4.69, 9.17) is 0 Å². The highest BCUT2D eigenvalue weighted by Gasteiger charge is 2.42. The van der Waals surface area contributed by atoms with Crippen molar-refractivity contribution in [3.05, 3.63) is 0 Å². The molecule has 0 aromatic heterocycles. The van der Waals surface area contributed by atoms with E-state index in [1.54, 1.807) is 0 Å². The first-order valence-electron chi connectivity index (χ1n) is 8.30. The summed E-state index contributed by atoms with van der Waals surface area (Å²) in [6, 6.07) is 0. The third-order valence-electron chi connectivity index (χ3n) is 3.82. The van der Waals surface area contributed by atoms with Gasteiger partial charge >= 0.3 is 0 Å². The Labute approximate surface area is 132 Å². The average Bonchev–Trinajstić information content (AvgIpc) is 2.43. The lowest BCUT2D eigenvalue weighted by atomic mass is 10.1. The van der Waals surface area contributed by atoms with Gasteiger partial charge in [-0.1, -0.05) is 27.7 Å². The summed E-state index contributed by atoms with van der Waals surface area (Å²) in [4.78, 5) is 2.22. The van der Waals surface area contributed by atoms with E-state index in [0.29, 0.717) is 0 Å². The number of rotatable bonds is 12. The zero-order valence-electron chi connectivity index (χ0n) is 15.5. The molecule has 2 unspecified atom stereocenters. The van der Waals surface area contributed by atoms with Crippen molar-refractivity contribution >= 4 is 0 Å². The van der Waals surface area contributed by atoms with Gasteiger partial charge in [0.1, 0.15) is 5.66 Å². The Morgan fingerprint density at radius 3 is 1.95 bits per heavy atom. The van der Waals surface area contributed by atoms with Gasteiger partial charge in [-0.05, 0) is 41.0 Å². The molecule has 2 atom stereocenters. The van der Waals surface area contributed by atoms with E-state index in [-0.39, 0.29) is 11.8 Å². The van der Waals surface area contributed by atoms with Crippen molar-refractivity contribution in [2.45, 2.75) is 52.9 Å². The second kappa shape index (κ2) is 10.5. The molecule has 0 aliphatic carbocycles. The normalized spacial score (nSPS) is 16.7. The van der Waals surface area contributed by atoms with E-state index in [1.807, 2.05) is 7.05 Å². The second-order valence-electron chi connectivity index (χ2n) is 5.69. The third-order valence-corrected chi connectivity index (χ3v) is 3.82. The van der Waals surface area contributed by atoms with Crippen LogP contribution in [0.2, 0.25) is 0 Å². The fourth-order valence-corrected chi connectivity index (χ4v) is 2.97. The molecule has 0 fully saturated rings. The molecule has 6 heteroatoms. The summed E-state index contributed by atoms with van der Waals surface area (Å²) in [5.41, 5.74) is 3.34. The van der Waals surface area contributed by atoms with Crippen LogP contribution in [0.1, 0.15) is 41.0 Å². The Hall–Kier alpha value is -0.240. The van der Waals surface area contributed by atoms with E-state index in [1.165, 1.54) is 0 Å². The molecule has 0 saturated heterocycles. The molecule has 0 amide bonds. The summed E-state index contributed by atoms with van der Waals surface area (Å²) in [5, 5.41) is 11.7. The fraction of sp³-hybridized carbons (Fsp3) is 1.00. The van der Waals surface area contributed by atoms with Crippen LogP contribution in [0.25, 0.3) is 0 Å². The molecular formula is C15H38N6. The van der Waals surface area contributed by atoms with E-state index in [9.17, 15) is 0 Å². The number of nitrogens with zero attached hydrogens (tertiary/aromatic N) is 3. The summed E-state index contributed by atoms with van der Waals surface area (Å²) in [5.74, 6) is 0. The highest BCUT2D eigenvalue weighted by molar-refractivity contribution is 4.91. The number of likely N-dealkylation sites (N-methyl/N-ethyl adjacent to an activating group) is 3. The summed E-state index contributed by atoms with van der Waals surface area (Å²) < 4.78 is 0. The molecule has 0 aromatic carbocycles. The first kappa shape index (κ1) is 20.8. The van der Waals surface area contributed by atoms with Gasteiger partial charge in [0, 0.05) is 19.6 Å². The Morgan fingerprint density at radius 2 is 1.62 bits per heavy atom. The van der Waals surface area contributed by atoms with Gasteiger partial charge in [-0.15, -0.1) is 0 Å². The average molecular weight is 303 g/mol. The zero-order valence-corrected chi connectivity index (χ0v) is 15.5. The van der Waals surface area contributed by atoms with E-state index in [0.717, 1.165) is 32.6 Å². The van der Waals surface area contributed by atoms with E-state index >= 15 is 0 Å². The monoisotopic (exact) mass is 302 g/mol. The smallest absolute Gasteiger partial charge is 0.126 e. The van der Waals surface area contributed by atoms with Crippen molar-refractivity contribution < 1.29 is 0 Å². The zero-order chi connectivity index (χ0) is 16.5. The largest absolute Gasteiger partial charge is 0.302 e. The van der Waals surface area contributed by atoms with E-state index in [2.05, 4.69) is 79.8 Å². The Balaban J connectivity index is 5.54. The molecule has 128 valence electrons. The quantitative estimate of drug-likeness (QED) is 0.368. The highest BCUT2D eigenvalue weighted by atomic mass is 15.8. The van der Waals surface area contributed by atoms with Crippen molar-refractivity contribution in [2.75, 3.05) is 47.3 Å². The molecule has 0 aliphatic heterocycles. The van der Waals surface area contributed by atoms with Crippen LogP contribution in [0.4, 0.5) is 0 Å². The van der Waals surface area contributed by atoms with Gasteiger partial charge in [-0.25, -0.2) is 10.4 Å². The molecule has 3 N–H and O–H groups in total. The van der Waals surface area contributed by atoms with Crippen LogP contribution in [-0.4, -0.2) is 74.2 Å². The van der Waals surface area contributed by atoms with Gasteiger partial charge in [0.2, 0.25) is 0 Å². The minimum atomic E-state index is -0.256. The lowest BCUT2D eigenvalue weighted by Gasteiger charge is -2.52. The SMILES string of the molecule is CCCNN(N(CC)CC)C(C)(NCC)C(NC)N(C)C. The van der Waals surface area contributed by atoms with Crippen LogP contribution in [0.5, 0.6) is 0 Å². The first-order valence-corrected chi connectivity index (χ1v) is 8.30. The maximum Gasteiger partial charge on any atom is 0.126 e. The molecule has 0 aliphatic rings. The van der Waals surface area contributed by atoms with Crippen LogP contribution < -0.4 is 16.1 Å². The number of hydrazine groups is 2. The predicted octanol–water partition coefficient (Wildman–Crippen LogP) is 0.893. The Kier molecular flexibility index (Phi) is 10.4. The molecule has 0 radical (unpaired) electrons. The Bertz CT molecular complexity index is 257. The van der Waals surface area contributed by atoms with Crippen molar-refractivity contribution in [1.82, 2.24) is 31.1 Å². The van der Waals surface area contributed by atoms with Crippen molar-refractivity contribution in [3.8, 4) is 0 Å². The van der Waals surface area contributed by atoms with Gasteiger partial charge in [-0.3, -0.25) is 10.2 Å². The molecule has 0 bridgehead atoms. The topological polar surface area (TPSA) is 45.8 Å². The lowest BCUT2D eigenvalue weighted by molar-refractivity contribution is -0.179. The summed E-state index contributed by atoms with van der Waals surface area (Å²) in [6.45, 7) is 14.8. The van der Waals surface area contributed by atoms with Crippen LogP contribution in [0.3, 0.4) is 0 Å². The minimum absolute atomic E-state index is 0.169. The number of nitrogens with one attached hydrogen (secondary N) is 3. The summed E-state index contributed by atoms with van der Waals surface area (Å²) in [7, 11) is 6.23. The maximum atomic E-state index is 3.67. The molecule has 0 aromatic rings. The second-order valence-corrected chi connectivity index (χ2v) is 5.69. The fourth-order valence-electron chi connectivity index (χ4n) is 2.97. The van der Waals surface area contributed by atoms with Crippen molar-refractivity contribution in [2.24, 2.45) is 0 Å².